The first-order chi connectivity index (χ1) is 7.84. The monoisotopic (exact) mass is 243 g/mol. The average molecular weight is 243 g/mol. The van der Waals surface area contributed by atoms with Crippen molar-refractivity contribution in [1.82, 2.24) is 0 Å². The third kappa shape index (κ3) is 1.55. The third-order valence-electron chi connectivity index (χ3n) is 3.59. The van der Waals surface area contributed by atoms with Gasteiger partial charge < -0.3 is 9.57 Å². The number of methoxy groups -OCH3 is 1. The second-order valence-electron chi connectivity index (χ2n) is 5.70. The van der Waals surface area contributed by atoms with E-state index in [-0.39, 0.29) is 11.3 Å². The van der Waals surface area contributed by atoms with E-state index in [1.54, 1.807) is 0 Å². The van der Waals surface area contributed by atoms with Crippen LogP contribution in [0, 0.1) is 11.3 Å². The summed E-state index contributed by atoms with van der Waals surface area (Å²) in [5.41, 5.74) is -1.01. The first-order valence-electron chi connectivity index (χ1n) is 5.83. The first-order valence-corrected chi connectivity index (χ1v) is 5.83. The molecule has 0 N–H and O–H groups in total. The van der Waals surface area contributed by atoms with Gasteiger partial charge in [-0.1, -0.05) is 25.9 Å². The van der Waals surface area contributed by atoms with E-state index in [9.17, 15) is 9.18 Å². The molecule has 2 rings (SSSR count). The van der Waals surface area contributed by atoms with Crippen molar-refractivity contribution in [3.05, 3.63) is 0 Å². The number of hydrogen-bond donors (Lipinski definition) is 0. The zero-order chi connectivity index (χ0) is 12.8. The van der Waals surface area contributed by atoms with Gasteiger partial charge >= 0.3 is 5.97 Å². The Morgan fingerprint density at radius 2 is 2.18 bits per heavy atom. The quantitative estimate of drug-likeness (QED) is 0.662. The molecule has 0 saturated heterocycles. The van der Waals surface area contributed by atoms with Crippen molar-refractivity contribution in [1.29, 1.82) is 0 Å². The number of rotatable bonds is 1. The van der Waals surface area contributed by atoms with Gasteiger partial charge in [0.15, 0.2) is 6.17 Å². The first kappa shape index (κ1) is 12.3. The van der Waals surface area contributed by atoms with Crippen molar-refractivity contribution in [2.75, 3.05) is 7.11 Å². The molecule has 1 aliphatic carbocycles. The SMILES string of the molecule is COC(=O)C12ON=C(C(C)(C)C)C1CCC2F. The van der Waals surface area contributed by atoms with Gasteiger partial charge in [0, 0.05) is 5.41 Å². The molecule has 1 aliphatic heterocycles. The summed E-state index contributed by atoms with van der Waals surface area (Å²) in [5.74, 6) is -0.958. The second-order valence-corrected chi connectivity index (χ2v) is 5.70. The van der Waals surface area contributed by atoms with Crippen molar-refractivity contribution < 1.29 is 18.8 Å². The molecule has 0 amide bonds. The Balaban J connectivity index is 2.38. The lowest BCUT2D eigenvalue weighted by Crippen LogP contribution is -2.51. The second kappa shape index (κ2) is 3.68. The molecule has 96 valence electrons. The molecule has 0 aromatic rings. The fourth-order valence-electron chi connectivity index (χ4n) is 2.74. The summed E-state index contributed by atoms with van der Waals surface area (Å²) in [4.78, 5) is 17.0. The van der Waals surface area contributed by atoms with Crippen LogP contribution in [0.4, 0.5) is 4.39 Å². The van der Waals surface area contributed by atoms with E-state index < -0.39 is 17.7 Å². The molecule has 0 bridgehead atoms. The standard InChI is InChI=1S/C12H18FNO3/c1-11(2,3)9-7-5-6-8(13)12(7,17-14-9)10(15)16-4/h7-8H,5-6H2,1-4H3. The van der Waals surface area contributed by atoms with E-state index in [0.29, 0.717) is 12.8 Å². The number of ether oxygens (including phenoxy) is 1. The summed E-state index contributed by atoms with van der Waals surface area (Å²) in [6.45, 7) is 5.94. The summed E-state index contributed by atoms with van der Waals surface area (Å²) in [6, 6.07) is 0. The van der Waals surface area contributed by atoms with E-state index in [0.717, 1.165) is 5.71 Å². The van der Waals surface area contributed by atoms with Crippen LogP contribution >= 0.6 is 0 Å². The fraction of sp³-hybridized carbons (Fsp3) is 0.833. The molecule has 3 unspecified atom stereocenters. The normalized spacial score (nSPS) is 36.2. The Morgan fingerprint density at radius 1 is 1.53 bits per heavy atom. The Morgan fingerprint density at radius 3 is 2.71 bits per heavy atom. The average Bonchev–Trinajstić information content (AvgIpc) is 2.76. The van der Waals surface area contributed by atoms with Gasteiger partial charge in [-0.2, -0.15) is 0 Å². The highest BCUT2D eigenvalue weighted by molar-refractivity contribution is 5.99. The summed E-state index contributed by atoms with van der Waals surface area (Å²) >= 11 is 0. The molecular formula is C12H18FNO3. The predicted molar refractivity (Wildman–Crippen MR) is 60.3 cm³/mol. The van der Waals surface area contributed by atoms with Crippen molar-refractivity contribution in [3.8, 4) is 0 Å². The molecule has 1 heterocycles. The van der Waals surface area contributed by atoms with Crippen LogP contribution in [0.25, 0.3) is 0 Å². The number of carbonyl (C=O) groups excluding carboxylic acids is 1. The smallest absolute Gasteiger partial charge is 0.356 e. The van der Waals surface area contributed by atoms with Crippen LogP contribution in [0.2, 0.25) is 0 Å². The predicted octanol–water partition coefficient (Wildman–Crippen LogP) is 2.08. The summed E-state index contributed by atoms with van der Waals surface area (Å²) in [5, 5.41) is 3.96. The maximum absolute atomic E-state index is 14.0. The van der Waals surface area contributed by atoms with Crippen LogP contribution in [0.1, 0.15) is 33.6 Å². The van der Waals surface area contributed by atoms with Gasteiger partial charge in [-0.25, -0.2) is 9.18 Å². The molecule has 0 aromatic carbocycles. The van der Waals surface area contributed by atoms with Crippen molar-refractivity contribution in [3.63, 3.8) is 0 Å². The molecule has 0 radical (unpaired) electrons. The Kier molecular flexibility index (Phi) is 2.67. The lowest BCUT2D eigenvalue weighted by molar-refractivity contribution is -0.176. The number of alkyl halides is 1. The third-order valence-corrected chi connectivity index (χ3v) is 3.59. The maximum atomic E-state index is 14.0. The van der Waals surface area contributed by atoms with Crippen molar-refractivity contribution >= 4 is 11.7 Å². The number of fused-ring (bicyclic) bond motifs is 1. The van der Waals surface area contributed by atoms with Gasteiger partial charge in [-0.05, 0) is 12.8 Å². The highest BCUT2D eigenvalue weighted by atomic mass is 19.1. The number of halogens is 1. The lowest BCUT2D eigenvalue weighted by atomic mass is 9.76. The van der Waals surface area contributed by atoms with E-state index in [4.69, 9.17) is 9.57 Å². The molecule has 4 nitrogen and oxygen atoms in total. The van der Waals surface area contributed by atoms with Crippen LogP contribution in [-0.4, -0.2) is 30.6 Å². The molecule has 1 fully saturated rings. The highest BCUT2D eigenvalue weighted by Crippen LogP contribution is 2.49. The topological polar surface area (TPSA) is 47.9 Å². The van der Waals surface area contributed by atoms with E-state index in [2.05, 4.69) is 5.16 Å². The van der Waals surface area contributed by atoms with Crippen LogP contribution in [0.15, 0.2) is 5.16 Å². The zero-order valence-corrected chi connectivity index (χ0v) is 10.6. The number of nitrogens with zero attached hydrogens (tertiary/aromatic N) is 1. The number of hydrogen-bond acceptors (Lipinski definition) is 4. The van der Waals surface area contributed by atoms with Crippen LogP contribution in [0.5, 0.6) is 0 Å². The van der Waals surface area contributed by atoms with Crippen molar-refractivity contribution in [2.24, 2.45) is 16.5 Å². The molecule has 0 aromatic heterocycles. The van der Waals surface area contributed by atoms with E-state index in [1.165, 1.54) is 7.11 Å². The summed E-state index contributed by atoms with van der Waals surface area (Å²) in [7, 11) is 1.25. The molecule has 2 aliphatic rings. The molecule has 17 heavy (non-hydrogen) atoms. The number of oxime groups is 1. The number of esters is 1. The molecule has 1 saturated carbocycles. The fourth-order valence-corrected chi connectivity index (χ4v) is 2.74. The maximum Gasteiger partial charge on any atom is 0.356 e. The van der Waals surface area contributed by atoms with E-state index >= 15 is 0 Å². The van der Waals surface area contributed by atoms with Crippen LogP contribution < -0.4 is 0 Å². The van der Waals surface area contributed by atoms with Gasteiger partial charge in [-0.3, -0.25) is 0 Å². The van der Waals surface area contributed by atoms with E-state index in [1.807, 2.05) is 20.8 Å². The Hall–Kier alpha value is -1.13. The van der Waals surface area contributed by atoms with Crippen LogP contribution in [-0.2, 0) is 14.4 Å². The summed E-state index contributed by atoms with van der Waals surface area (Å²) in [6.07, 6.45) is -0.454. The molecular weight excluding hydrogens is 225 g/mol. The molecule has 5 heteroatoms. The van der Waals surface area contributed by atoms with Gasteiger partial charge in [0.1, 0.15) is 0 Å². The largest absolute Gasteiger partial charge is 0.466 e. The number of carbonyl (C=O) groups is 1. The lowest BCUT2D eigenvalue weighted by Gasteiger charge is -2.28. The van der Waals surface area contributed by atoms with Crippen molar-refractivity contribution in [2.45, 2.75) is 45.4 Å². The van der Waals surface area contributed by atoms with Gasteiger partial charge in [0.25, 0.3) is 5.60 Å². The summed E-state index contributed by atoms with van der Waals surface area (Å²) < 4.78 is 18.7. The molecule has 3 atom stereocenters. The van der Waals surface area contributed by atoms with Gasteiger partial charge in [0.05, 0.1) is 18.7 Å². The van der Waals surface area contributed by atoms with Gasteiger partial charge in [0.2, 0.25) is 0 Å². The Bertz CT molecular complexity index is 374. The highest BCUT2D eigenvalue weighted by Gasteiger charge is 2.66. The minimum atomic E-state index is -1.53. The van der Waals surface area contributed by atoms with Gasteiger partial charge in [-0.15, -0.1) is 0 Å². The zero-order valence-electron chi connectivity index (χ0n) is 10.6. The minimum Gasteiger partial charge on any atom is -0.466 e. The van der Waals surface area contributed by atoms with Crippen LogP contribution in [0.3, 0.4) is 0 Å². The Labute approximate surface area is 100 Å². The molecule has 0 spiro atoms. The minimum absolute atomic E-state index is 0.232.